The van der Waals surface area contributed by atoms with E-state index in [1.165, 1.54) is 53.4 Å². The largest absolute Gasteiger partial charge is 0.508 e. The molecule has 5 aromatic carbocycles. The lowest BCUT2D eigenvalue weighted by Gasteiger charge is -2.23. The van der Waals surface area contributed by atoms with Gasteiger partial charge in [0.15, 0.2) is 11.5 Å². The second-order valence-corrected chi connectivity index (χ2v) is 13.3. The molecular weight excluding hydrogens is 693 g/mol. The van der Waals surface area contributed by atoms with E-state index in [0.29, 0.717) is 27.1 Å². The number of carbonyl (C=O) groups is 1. The van der Waals surface area contributed by atoms with Crippen LogP contribution in [-0.2, 0) is 32.0 Å². The van der Waals surface area contributed by atoms with Crippen molar-refractivity contribution in [2.24, 2.45) is 4.99 Å². The summed E-state index contributed by atoms with van der Waals surface area (Å²) in [6.45, 7) is 0.0329. The highest BCUT2D eigenvalue weighted by Gasteiger charge is 2.37. The summed E-state index contributed by atoms with van der Waals surface area (Å²) >= 11 is 0. The minimum absolute atomic E-state index is 0.00596. The van der Waals surface area contributed by atoms with E-state index >= 15 is 0 Å². The summed E-state index contributed by atoms with van der Waals surface area (Å²) in [5.41, 5.74) is 2.08. The van der Waals surface area contributed by atoms with Crippen LogP contribution in [0.2, 0.25) is 0 Å². The molecule has 0 saturated carbocycles. The normalized spacial score (nSPS) is 13.4. The molecule has 2 aliphatic rings. The average molecular weight is 717 g/mol. The first-order valence-electron chi connectivity index (χ1n) is 14.7. The van der Waals surface area contributed by atoms with Gasteiger partial charge in [-0.2, -0.15) is 16.8 Å². The van der Waals surface area contributed by atoms with Crippen LogP contribution < -0.4 is 23.8 Å². The van der Waals surface area contributed by atoms with Gasteiger partial charge in [-0.25, -0.2) is 4.99 Å². The summed E-state index contributed by atoms with van der Waals surface area (Å²) in [4.78, 5) is 20.6. The van der Waals surface area contributed by atoms with E-state index in [1.807, 2.05) is 0 Å². The van der Waals surface area contributed by atoms with Gasteiger partial charge in [0.1, 0.15) is 28.3 Å². The van der Waals surface area contributed by atoms with E-state index in [4.69, 9.17) is 8.74 Å². The van der Waals surface area contributed by atoms with Gasteiger partial charge in [0, 0.05) is 22.2 Å². The molecule has 0 spiro atoms. The van der Waals surface area contributed by atoms with E-state index in [1.54, 1.807) is 42.5 Å². The first-order chi connectivity index (χ1) is 23.7. The van der Waals surface area contributed by atoms with Gasteiger partial charge in [0.2, 0.25) is 0 Å². The van der Waals surface area contributed by atoms with Crippen molar-refractivity contribution < 1.29 is 54.4 Å². The van der Waals surface area contributed by atoms with Crippen LogP contribution in [0.4, 0.5) is 11.4 Å². The Kier molecular flexibility index (Phi) is 7.75. The Morgan fingerprint density at radius 3 is 1.90 bits per heavy atom. The highest BCUT2D eigenvalue weighted by atomic mass is 32.3. The molecule has 0 saturated heterocycles. The van der Waals surface area contributed by atoms with Crippen molar-refractivity contribution >= 4 is 43.7 Å². The molecule has 2 aliphatic heterocycles. The van der Waals surface area contributed by atoms with Crippen molar-refractivity contribution in [1.82, 2.24) is 0 Å². The maximum atomic E-state index is 14.6. The van der Waals surface area contributed by atoms with Crippen molar-refractivity contribution in [2.75, 3.05) is 11.4 Å². The lowest BCUT2D eigenvalue weighted by Crippen LogP contribution is -2.31. The molecule has 0 aliphatic carbocycles. The highest BCUT2D eigenvalue weighted by Crippen LogP contribution is 2.46. The number of fused-ring (bicyclic) bond motifs is 4. The van der Waals surface area contributed by atoms with E-state index in [0.717, 1.165) is 0 Å². The molecule has 0 aromatic heterocycles. The van der Waals surface area contributed by atoms with Crippen molar-refractivity contribution in [2.45, 2.75) is 6.42 Å². The Hall–Kier alpha value is -5.94. The fourth-order valence-corrected chi connectivity index (χ4v) is 6.87. The lowest BCUT2D eigenvalue weighted by molar-refractivity contribution is -0.113. The zero-order valence-electron chi connectivity index (χ0n) is 25.4. The standard InChI is InChI=1S/C34H24N2O12S2/c37-21-10-6-19(7-11-21)26-29-28-24-2-1-3-25(48-50(44,45)46)30(24)35-31(28)33(39)27(20-8-12-22(38)13-9-20)32(29)36(34(26)40)17-16-18-4-14-23(15-5-18)47-49(41,42)43/h1-15,37-39H,16-17H2,(H,41,42,43)(H,44,45,46). The number of amides is 1. The smallest absolute Gasteiger partial charge is 0.446 e. The van der Waals surface area contributed by atoms with Crippen LogP contribution in [-0.4, -0.2) is 53.7 Å². The fraction of sp³-hybridized carbons (Fsp3) is 0.0588. The highest BCUT2D eigenvalue weighted by molar-refractivity contribution is 7.81. The second-order valence-electron chi connectivity index (χ2n) is 11.3. The topological polar surface area (TPSA) is 221 Å². The van der Waals surface area contributed by atoms with Crippen LogP contribution >= 0.6 is 0 Å². The van der Waals surface area contributed by atoms with E-state index in [9.17, 15) is 41.5 Å². The molecule has 5 N–H and O–H groups in total. The molecule has 0 atom stereocenters. The summed E-state index contributed by atoms with van der Waals surface area (Å²) in [6.07, 6.45) is 0.223. The third kappa shape index (κ3) is 5.96. The molecule has 7 rings (SSSR count). The zero-order chi connectivity index (χ0) is 35.5. The quantitative estimate of drug-likeness (QED) is 0.136. The van der Waals surface area contributed by atoms with Crippen molar-refractivity contribution in [3.05, 3.63) is 123 Å². The van der Waals surface area contributed by atoms with Crippen LogP contribution in [0, 0.1) is 10.4 Å². The molecule has 14 nitrogen and oxygen atoms in total. The third-order valence-electron chi connectivity index (χ3n) is 8.15. The summed E-state index contributed by atoms with van der Waals surface area (Å²) < 4.78 is 73.4. The van der Waals surface area contributed by atoms with Crippen molar-refractivity contribution in [3.8, 4) is 39.9 Å². The van der Waals surface area contributed by atoms with Crippen LogP contribution in [0.25, 0.3) is 16.7 Å². The molecular formula is C34H24N2O12S2. The van der Waals surface area contributed by atoms with Gasteiger partial charge < -0.3 is 28.6 Å². The second kappa shape index (κ2) is 11.9. The number of phenols is 3. The number of aromatic hydroxyl groups is 3. The van der Waals surface area contributed by atoms with Gasteiger partial charge >= 0.3 is 20.8 Å². The van der Waals surface area contributed by atoms with Crippen LogP contribution in [0.5, 0.6) is 28.7 Å². The van der Waals surface area contributed by atoms with E-state index in [-0.39, 0.29) is 74.8 Å². The molecule has 0 radical (unpaired) electrons. The molecule has 0 unspecified atom stereocenters. The number of anilines is 1. The number of para-hydroxylation sites is 1. The monoisotopic (exact) mass is 716 g/mol. The van der Waals surface area contributed by atoms with Crippen LogP contribution in [0.1, 0.15) is 11.1 Å². The Balaban J connectivity index is 1.52. The van der Waals surface area contributed by atoms with E-state index < -0.39 is 26.7 Å². The number of phenolic OH excluding ortho intramolecular Hbond substituents is 3. The fourth-order valence-electron chi connectivity index (χ4n) is 6.16. The number of benzene rings is 5. The van der Waals surface area contributed by atoms with Gasteiger partial charge in [-0.05, 0) is 65.6 Å². The molecule has 0 fully saturated rings. The van der Waals surface area contributed by atoms with Gasteiger partial charge in [0.25, 0.3) is 5.91 Å². The molecule has 16 heteroatoms. The Morgan fingerprint density at radius 1 is 0.700 bits per heavy atom. The average Bonchev–Trinajstić information content (AvgIpc) is 3.57. The van der Waals surface area contributed by atoms with Crippen molar-refractivity contribution in [1.29, 1.82) is 0 Å². The Labute approximate surface area is 283 Å². The SMILES string of the molecule is O=C1C(c2ccc(O)cc2)=c2c(c(-c3ccc(O)cc3)c(O)c3c2=c2cccc(OS(=O)(=O)O)c2=N3)N1CCc1ccc(OS(=O)(=O)O)cc1. The minimum atomic E-state index is -4.97. The van der Waals surface area contributed by atoms with E-state index in [2.05, 4.69) is 9.18 Å². The number of hydrogen-bond acceptors (Lipinski definition) is 11. The Bertz CT molecular complexity index is 2680. The van der Waals surface area contributed by atoms with Gasteiger partial charge in [-0.3, -0.25) is 13.9 Å². The maximum absolute atomic E-state index is 14.6. The summed E-state index contributed by atoms with van der Waals surface area (Å²) in [7, 11) is -9.71. The summed E-state index contributed by atoms with van der Waals surface area (Å²) in [5.74, 6) is -1.41. The number of rotatable bonds is 9. The summed E-state index contributed by atoms with van der Waals surface area (Å²) in [5, 5.41) is 33.0. The number of carbonyl (C=O) groups excluding carboxylic acids is 1. The molecule has 0 bridgehead atoms. The third-order valence-corrected chi connectivity index (χ3v) is 8.94. The van der Waals surface area contributed by atoms with Crippen LogP contribution in [0.3, 0.4) is 0 Å². The first-order valence-corrected chi connectivity index (χ1v) is 17.4. The maximum Gasteiger partial charge on any atom is 0.446 e. The minimum Gasteiger partial charge on any atom is -0.508 e. The van der Waals surface area contributed by atoms with Gasteiger partial charge in [0.05, 0.1) is 16.8 Å². The molecule has 254 valence electrons. The molecule has 2 heterocycles. The predicted molar refractivity (Wildman–Crippen MR) is 177 cm³/mol. The first kappa shape index (κ1) is 32.6. The molecule has 50 heavy (non-hydrogen) atoms. The zero-order valence-corrected chi connectivity index (χ0v) is 27.0. The summed E-state index contributed by atoms with van der Waals surface area (Å²) in [6, 6.07) is 21.9. The predicted octanol–water partition coefficient (Wildman–Crippen LogP) is 3.17. The number of nitrogens with zero attached hydrogens (tertiary/aromatic N) is 2. The number of hydrogen-bond donors (Lipinski definition) is 5. The van der Waals surface area contributed by atoms with Gasteiger partial charge in [-0.1, -0.05) is 48.5 Å². The van der Waals surface area contributed by atoms with Gasteiger partial charge in [-0.15, -0.1) is 0 Å². The van der Waals surface area contributed by atoms with Crippen molar-refractivity contribution in [3.63, 3.8) is 0 Å². The Morgan fingerprint density at radius 2 is 1.30 bits per heavy atom. The molecule has 5 aromatic rings. The van der Waals surface area contributed by atoms with Crippen LogP contribution in [0.15, 0.2) is 96.0 Å². The lowest BCUT2D eigenvalue weighted by atomic mass is 9.95. The molecule has 1 amide bonds.